The van der Waals surface area contributed by atoms with Crippen molar-refractivity contribution in [2.24, 2.45) is 0 Å². The molecule has 6 nitrogen and oxygen atoms in total. The Hall–Kier alpha value is -3.03. The molecule has 1 aliphatic rings. The number of para-hydroxylation sites is 1. The van der Waals surface area contributed by atoms with Crippen LogP contribution in [-0.2, 0) is 6.54 Å². The molecule has 0 aliphatic carbocycles. The van der Waals surface area contributed by atoms with E-state index in [2.05, 4.69) is 15.4 Å². The SMILES string of the molecule is C[C@H](NC(=O)NCc1ccccc1OC(F)F)c1ccc2c(c1)OCCO2. The number of alkyl halides is 2. The number of urea groups is 1. The summed E-state index contributed by atoms with van der Waals surface area (Å²) in [6, 6.07) is 11.1. The van der Waals surface area contributed by atoms with Crippen molar-refractivity contribution in [3.63, 3.8) is 0 Å². The van der Waals surface area contributed by atoms with Gasteiger partial charge in [-0.15, -0.1) is 0 Å². The molecule has 3 rings (SSSR count). The number of halogens is 2. The summed E-state index contributed by atoms with van der Waals surface area (Å²) in [7, 11) is 0. The zero-order chi connectivity index (χ0) is 19.2. The average molecular weight is 378 g/mol. The minimum atomic E-state index is -2.92. The van der Waals surface area contributed by atoms with Gasteiger partial charge >= 0.3 is 12.6 Å². The van der Waals surface area contributed by atoms with Crippen molar-refractivity contribution < 1.29 is 27.8 Å². The summed E-state index contributed by atoms with van der Waals surface area (Å²) < 4.78 is 40.3. The molecule has 1 aliphatic heterocycles. The maximum Gasteiger partial charge on any atom is 0.387 e. The molecule has 0 aromatic heterocycles. The maximum absolute atomic E-state index is 12.4. The Bertz CT molecular complexity index is 801. The Kier molecular flexibility index (Phi) is 5.95. The summed E-state index contributed by atoms with van der Waals surface area (Å²) in [5, 5.41) is 5.44. The van der Waals surface area contributed by atoms with E-state index in [9.17, 15) is 13.6 Å². The van der Waals surface area contributed by atoms with Crippen molar-refractivity contribution in [3.05, 3.63) is 53.6 Å². The van der Waals surface area contributed by atoms with E-state index in [1.807, 2.05) is 19.1 Å². The molecule has 0 saturated carbocycles. The fraction of sp³-hybridized carbons (Fsp3) is 0.316. The second kappa shape index (κ2) is 8.57. The van der Waals surface area contributed by atoms with Gasteiger partial charge in [0.25, 0.3) is 0 Å². The molecule has 0 spiro atoms. The predicted octanol–water partition coefficient (Wildman–Crippen LogP) is 3.62. The molecular weight excluding hydrogens is 358 g/mol. The number of carbonyl (C=O) groups excluding carboxylic acids is 1. The molecule has 0 fully saturated rings. The summed E-state index contributed by atoms with van der Waals surface area (Å²) in [5.74, 6) is 1.36. The summed E-state index contributed by atoms with van der Waals surface area (Å²) in [6.07, 6.45) is 0. The van der Waals surface area contributed by atoms with Crippen molar-refractivity contribution in [1.82, 2.24) is 10.6 Å². The molecule has 8 heteroatoms. The first-order chi connectivity index (χ1) is 13.0. The molecule has 2 N–H and O–H groups in total. The van der Waals surface area contributed by atoms with Crippen LogP contribution in [0.2, 0.25) is 0 Å². The number of nitrogens with one attached hydrogen (secondary N) is 2. The van der Waals surface area contributed by atoms with Crippen LogP contribution < -0.4 is 24.8 Å². The van der Waals surface area contributed by atoms with Crippen LogP contribution in [0.1, 0.15) is 24.1 Å². The normalized spacial score (nSPS) is 13.8. The van der Waals surface area contributed by atoms with Gasteiger partial charge in [0, 0.05) is 12.1 Å². The lowest BCUT2D eigenvalue weighted by Crippen LogP contribution is -2.36. The number of fused-ring (bicyclic) bond motifs is 1. The van der Waals surface area contributed by atoms with Gasteiger partial charge in [0.2, 0.25) is 0 Å². The van der Waals surface area contributed by atoms with Crippen molar-refractivity contribution in [2.75, 3.05) is 13.2 Å². The standard InChI is InChI=1S/C19H20F2N2O4/c1-12(13-6-7-16-17(10-13)26-9-8-25-16)23-19(24)22-11-14-4-2-3-5-15(14)27-18(20)21/h2-7,10,12,18H,8-9,11H2,1H3,(H2,22,23,24)/t12-/m0/s1. The topological polar surface area (TPSA) is 68.8 Å². The van der Waals surface area contributed by atoms with Crippen LogP contribution in [0.3, 0.4) is 0 Å². The summed E-state index contributed by atoms with van der Waals surface area (Å²) in [6.45, 7) is -0.0326. The number of carbonyl (C=O) groups is 1. The molecule has 0 saturated heterocycles. The van der Waals surface area contributed by atoms with E-state index in [1.54, 1.807) is 24.3 Å². The molecule has 2 amide bonds. The highest BCUT2D eigenvalue weighted by Gasteiger charge is 2.16. The molecule has 144 valence electrons. The van der Waals surface area contributed by atoms with Gasteiger partial charge in [0.1, 0.15) is 19.0 Å². The van der Waals surface area contributed by atoms with E-state index in [4.69, 9.17) is 9.47 Å². The zero-order valence-electron chi connectivity index (χ0n) is 14.7. The second-order valence-electron chi connectivity index (χ2n) is 5.94. The summed E-state index contributed by atoms with van der Waals surface area (Å²) >= 11 is 0. The third-order valence-corrected chi connectivity index (χ3v) is 4.04. The van der Waals surface area contributed by atoms with Gasteiger partial charge in [-0.2, -0.15) is 8.78 Å². The van der Waals surface area contributed by atoms with Crippen molar-refractivity contribution in [2.45, 2.75) is 26.1 Å². The molecule has 2 aromatic carbocycles. The largest absolute Gasteiger partial charge is 0.486 e. The number of ether oxygens (including phenoxy) is 3. The Morgan fingerprint density at radius 3 is 2.67 bits per heavy atom. The highest BCUT2D eigenvalue weighted by molar-refractivity contribution is 5.74. The summed E-state index contributed by atoms with van der Waals surface area (Å²) in [4.78, 5) is 12.2. The second-order valence-corrected chi connectivity index (χ2v) is 5.94. The molecule has 0 radical (unpaired) electrons. The lowest BCUT2D eigenvalue weighted by atomic mass is 10.1. The smallest absolute Gasteiger partial charge is 0.387 e. The van der Waals surface area contributed by atoms with Crippen LogP contribution in [0.15, 0.2) is 42.5 Å². The van der Waals surface area contributed by atoms with Crippen LogP contribution in [-0.4, -0.2) is 25.9 Å². The molecule has 1 atom stereocenters. The van der Waals surface area contributed by atoms with Crippen LogP contribution >= 0.6 is 0 Å². The van der Waals surface area contributed by atoms with Crippen LogP contribution in [0.4, 0.5) is 13.6 Å². The first-order valence-corrected chi connectivity index (χ1v) is 8.49. The van der Waals surface area contributed by atoms with Gasteiger partial charge in [-0.25, -0.2) is 4.79 Å². The van der Waals surface area contributed by atoms with Crippen molar-refractivity contribution in [1.29, 1.82) is 0 Å². The number of benzene rings is 2. The molecule has 1 heterocycles. The van der Waals surface area contributed by atoms with E-state index in [0.717, 1.165) is 5.56 Å². The van der Waals surface area contributed by atoms with Crippen molar-refractivity contribution >= 4 is 6.03 Å². The number of hydrogen-bond donors (Lipinski definition) is 2. The van der Waals surface area contributed by atoms with E-state index in [0.29, 0.717) is 30.3 Å². The van der Waals surface area contributed by atoms with E-state index in [1.165, 1.54) is 6.07 Å². The van der Waals surface area contributed by atoms with E-state index in [-0.39, 0.29) is 18.3 Å². The fourth-order valence-corrected chi connectivity index (χ4v) is 2.70. The zero-order valence-corrected chi connectivity index (χ0v) is 14.7. The van der Waals surface area contributed by atoms with Crippen LogP contribution in [0.25, 0.3) is 0 Å². The highest BCUT2D eigenvalue weighted by atomic mass is 19.3. The maximum atomic E-state index is 12.4. The monoisotopic (exact) mass is 378 g/mol. The lowest BCUT2D eigenvalue weighted by molar-refractivity contribution is -0.0504. The molecular formula is C19H20F2N2O4. The minimum Gasteiger partial charge on any atom is -0.486 e. The van der Waals surface area contributed by atoms with Gasteiger partial charge in [0.05, 0.1) is 6.04 Å². The quantitative estimate of drug-likeness (QED) is 0.806. The third-order valence-electron chi connectivity index (χ3n) is 4.04. The molecule has 27 heavy (non-hydrogen) atoms. The Balaban J connectivity index is 1.56. The predicted molar refractivity (Wildman–Crippen MR) is 94.3 cm³/mol. The highest BCUT2D eigenvalue weighted by Crippen LogP contribution is 2.32. The Morgan fingerprint density at radius 1 is 1.15 bits per heavy atom. The number of rotatable bonds is 6. The Labute approximate surface area is 155 Å². The average Bonchev–Trinajstić information content (AvgIpc) is 2.66. The molecule has 0 bridgehead atoms. The number of amides is 2. The van der Waals surface area contributed by atoms with Gasteiger partial charge in [-0.05, 0) is 30.7 Å². The third kappa shape index (κ3) is 4.99. The van der Waals surface area contributed by atoms with Gasteiger partial charge in [-0.3, -0.25) is 0 Å². The van der Waals surface area contributed by atoms with Gasteiger partial charge in [0.15, 0.2) is 11.5 Å². The lowest BCUT2D eigenvalue weighted by Gasteiger charge is -2.21. The van der Waals surface area contributed by atoms with Gasteiger partial charge in [-0.1, -0.05) is 24.3 Å². The van der Waals surface area contributed by atoms with E-state index < -0.39 is 12.6 Å². The first-order valence-electron chi connectivity index (χ1n) is 8.49. The van der Waals surface area contributed by atoms with E-state index >= 15 is 0 Å². The van der Waals surface area contributed by atoms with Crippen LogP contribution in [0, 0.1) is 0 Å². The minimum absolute atomic E-state index is 0.0349. The first kappa shape index (κ1) is 18.8. The fourth-order valence-electron chi connectivity index (χ4n) is 2.70. The summed E-state index contributed by atoms with van der Waals surface area (Å²) in [5.41, 5.74) is 1.32. The number of hydrogen-bond acceptors (Lipinski definition) is 4. The molecule has 0 unspecified atom stereocenters. The van der Waals surface area contributed by atoms with Gasteiger partial charge < -0.3 is 24.8 Å². The molecule has 2 aromatic rings. The van der Waals surface area contributed by atoms with Crippen LogP contribution in [0.5, 0.6) is 17.2 Å². The van der Waals surface area contributed by atoms with Crippen molar-refractivity contribution in [3.8, 4) is 17.2 Å². The Morgan fingerprint density at radius 2 is 1.89 bits per heavy atom.